The molecule has 1 heterocycles. The van der Waals surface area contributed by atoms with Crippen molar-refractivity contribution in [3.8, 4) is 0 Å². The Kier molecular flexibility index (Phi) is 3.79. The molecule has 0 atom stereocenters. The number of rotatable bonds is 3. The van der Waals surface area contributed by atoms with Gasteiger partial charge < -0.3 is 5.32 Å². The number of thiazole rings is 1. The van der Waals surface area contributed by atoms with Gasteiger partial charge in [0.2, 0.25) is 0 Å². The summed E-state index contributed by atoms with van der Waals surface area (Å²) in [4.78, 5) is 5.67. The number of hydrogen-bond donors (Lipinski definition) is 1. The van der Waals surface area contributed by atoms with E-state index in [1.54, 1.807) is 23.5 Å². The molecule has 0 aliphatic rings. The van der Waals surface area contributed by atoms with Crippen molar-refractivity contribution in [2.24, 2.45) is 0 Å². The third-order valence-electron chi connectivity index (χ3n) is 2.44. The van der Waals surface area contributed by atoms with Gasteiger partial charge in [0, 0.05) is 10.6 Å². The maximum absolute atomic E-state index is 13.0. The van der Waals surface area contributed by atoms with Crippen molar-refractivity contribution in [3.05, 3.63) is 44.1 Å². The summed E-state index contributed by atoms with van der Waals surface area (Å²) in [5.74, 6) is -0.253. The van der Waals surface area contributed by atoms with E-state index < -0.39 is 0 Å². The van der Waals surface area contributed by atoms with Crippen molar-refractivity contribution in [1.29, 1.82) is 0 Å². The van der Waals surface area contributed by atoms with Crippen LogP contribution < -0.4 is 5.32 Å². The van der Waals surface area contributed by atoms with Crippen molar-refractivity contribution >= 4 is 33.0 Å². The molecule has 0 aliphatic heterocycles. The van der Waals surface area contributed by atoms with E-state index in [0.29, 0.717) is 11.0 Å². The topological polar surface area (TPSA) is 24.9 Å². The first-order chi connectivity index (χ1) is 8.06. The molecule has 0 unspecified atom stereocenters. The largest absolute Gasteiger partial charge is 0.378 e. The minimum atomic E-state index is -0.253. The minimum absolute atomic E-state index is 0.253. The molecule has 5 heteroatoms. The van der Waals surface area contributed by atoms with Gasteiger partial charge in [0.1, 0.15) is 10.8 Å². The molecule has 17 heavy (non-hydrogen) atoms. The molecule has 0 fully saturated rings. The number of nitrogens with one attached hydrogen (secondary N) is 1. The van der Waals surface area contributed by atoms with E-state index in [2.05, 4.69) is 33.2 Å². The summed E-state index contributed by atoms with van der Waals surface area (Å²) in [6, 6.07) is 4.88. The van der Waals surface area contributed by atoms with Gasteiger partial charge >= 0.3 is 0 Å². The number of benzene rings is 1. The highest BCUT2D eigenvalue weighted by Crippen LogP contribution is 2.22. The highest BCUT2D eigenvalue weighted by atomic mass is 79.9. The Morgan fingerprint density at radius 1 is 1.41 bits per heavy atom. The second kappa shape index (κ2) is 5.14. The molecule has 1 aromatic carbocycles. The summed E-state index contributed by atoms with van der Waals surface area (Å²) in [7, 11) is 0. The van der Waals surface area contributed by atoms with Crippen LogP contribution in [-0.2, 0) is 6.54 Å². The van der Waals surface area contributed by atoms with Crippen LogP contribution in [0.15, 0.2) is 22.7 Å². The molecule has 0 amide bonds. The fraction of sp³-hybridized carbons (Fsp3) is 0.250. The van der Waals surface area contributed by atoms with E-state index in [0.717, 1.165) is 16.4 Å². The van der Waals surface area contributed by atoms with Crippen LogP contribution in [0, 0.1) is 19.7 Å². The molecule has 0 spiro atoms. The Labute approximate surface area is 112 Å². The summed E-state index contributed by atoms with van der Waals surface area (Å²) in [6.45, 7) is 4.73. The molecule has 0 bridgehead atoms. The van der Waals surface area contributed by atoms with Gasteiger partial charge in [-0.05, 0) is 48.0 Å². The van der Waals surface area contributed by atoms with Crippen LogP contribution in [0.25, 0.3) is 0 Å². The molecule has 0 saturated heterocycles. The molecule has 1 aromatic heterocycles. The zero-order valence-corrected chi connectivity index (χ0v) is 12.0. The van der Waals surface area contributed by atoms with Gasteiger partial charge in [-0.2, -0.15) is 0 Å². The van der Waals surface area contributed by atoms with Gasteiger partial charge in [0.25, 0.3) is 0 Å². The summed E-state index contributed by atoms with van der Waals surface area (Å²) < 4.78 is 13.5. The summed E-state index contributed by atoms with van der Waals surface area (Å²) >= 11 is 4.84. The first-order valence-corrected chi connectivity index (χ1v) is 6.79. The van der Waals surface area contributed by atoms with E-state index in [1.165, 1.54) is 10.9 Å². The first kappa shape index (κ1) is 12.5. The van der Waals surface area contributed by atoms with Crippen LogP contribution in [0.1, 0.15) is 15.6 Å². The van der Waals surface area contributed by atoms with Gasteiger partial charge in [-0.15, -0.1) is 11.3 Å². The lowest BCUT2D eigenvalue weighted by atomic mass is 10.3. The monoisotopic (exact) mass is 314 g/mol. The predicted molar refractivity (Wildman–Crippen MR) is 73.0 cm³/mol. The Balaban J connectivity index is 2.04. The highest BCUT2D eigenvalue weighted by molar-refractivity contribution is 9.10. The molecule has 90 valence electrons. The van der Waals surface area contributed by atoms with Crippen molar-refractivity contribution in [3.63, 3.8) is 0 Å². The fourth-order valence-corrected chi connectivity index (χ4v) is 2.65. The van der Waals surface area contributed by atoms with Crippen LogP contribution in [0.4, 0.5) is 10.1 Å². The second-order valence-corrected chi connectivity index (χ2v) is 5.87. The Bertz CT molecular complexity index is 520. The van der Waals surface area contributed by atoms with E-state index >= 15 is 0 Å². The lowest BCUT2D eigenvalue weighted by Gasteiger charge is -2.04. The predicted octanol–water partition coefficient (Wildman–Crippen LogP) is 4.27. The van der Waals surface area contributed by atoms with Crippen LogP contribution >= 0.6 is 27.3 Å². The lowest BCUT2D eigenvalue weighted by Crippen LogP contribution is -1.99. The average Bonchev–Trinajstić information content (AvgIpc) is 2.60. The average molecular weight is 315 g/mol. The Morgan fingerprint density at radius 3 is 2.76 bits per heavy atom. The molecular formula is C12H12BrFN2S. The van der Waals surface area contributed by atoms with E-state index in [-0.39, 0.29) is 5.82 Å². The normalized spacial score (nSPS) is 10.6. The number of nitrogens with zero attached hydrogens (tertiary/aromatic N) is 1. The zero-order valence-electron chi connectivity index (χ0n) is 9.55. The van der Waals surface area contributed by atoms with Gasteiger partial charge in [-0.25, -0.2) is 9.37 Å². The lowest BCUT2D eigenvalue weighted by molar-refractivity contribution is 0.621. The van der Waals surface area contributed by atoms with E-state index in [4.69, 9.17) is 0 Å². The molecule has 2 rings (SSSR count). The number of halogens is 2. The standard InChI is InChI=1S/C12H12BrFN2S/c1-7-8(2)17-12(16-7)6-15-9-3-4-11(14)10(13)5-9/h3-5,15H,6H2,1-2H3. The van der Waals surface area contributed by atoms with Gasteiger partial charge in [-0.3, -0.25) is 0 Å². The van der Waals surface area contributed by atoms with Gasteiger partial charge in [0.15, 0.2) is 0 Å². The third kappa shape index (κ3) is 3.04. The molecular weight excluding hydrogens is 303 g/mol. The smallest absolute Gasteiger partial charge is 0.137 e. The van der Waals surface area contributed by atoms with Crippen molar-refractivity contribution < 1.29 is 4.39 Å². The van der Waals surface area contributed by atoms with Crippen molar-refractivity contribution in [2.75, 3.05) is 5.32 Å². The number of aryl methyl sites for hydroxylation is 2. The highest BCUT2D eigenvalue weighted by Gasteiger charge is 2.04. The first-order valence-electron chi connectivity index (χ1n) is 5.18. The summed E-state index contributed by atoms with van der Waals surface area (Å²) in [5, 5.41) is 4.26. The fourth-order valence-electron chi connectivity index (χ4n) is 1.40. The third-order valence-corrected chi connectivity index (χ3v) is 4.12. The molecule has 0 aliphatic carbocycles. The molecule has 2 nitrogen and oxygen atoms in total. The van der Waals surface area contributed by atoms with Crippen LogP contribution in [0.2, 0.25) is 0 Å². The Morgan fingerprint density at radius 2 is 2.18 bits per heavy atom. The van der Waals surface area contributed by atoms with Crippen LogP contribution in [-0.4, -0.2) is 4.98 Å². The maximum Gasteiger partial charge on any atom is 0.137 e. The van der Waals surface area contributed by atoms with E-state index in [1.807, 2.05) is 6.92 Å². The molecule has 1 N–H and O–H groups in total. The SMILES string of the molecule is Cc1nc(CNc2ccc(F)c(Br)c2)sc1C. The quantitative estimate of drug-likeness (QED) is 0.915. The zero-order chi connectivity index (χ0) is 12.4. The molecule has 2 aromatic rings. The van der Waals surface area contributed by atoms with Crippen molar-refractivity contribution in [1.82, 2.24) is 4.98 Å². The summed E-state index contributed by atoms with van der Waals surface area (Å²) in [5.41, 5.74) is 1.95. The second-order valence-electron chi connectivity index (χ2n) is 3.73. The van der Waals surface area contributed by atoms with Crippen molar-refractivity contribution in [2.45, 2.75) is 20.4 Å². The minimum Gasteiger partial charge on any atom is -0.378 e. The Hall–Kier alpha value is -0.940. The molecule has 0 saturated carbocycles. The van der Waals surface area contributed by atoms with Crippen LogP contribution in [0.3, 0.4) is 0 Å². The van der Waals surface area contributed by atoms with E-state index in [9.17, 15) is 4.39 Å². The number of aromatic nitrogens is 1. The summed E-state index contributed by atoms with van der Waals surface area (Å²) in [6.07, 6.45) is 0. The van der Waals surface area contributed by atoms with Gasteiger partial charge in [0.05, 0.1) is 16.7 Å². The number of hydrogen-bond acceptors (Lipinski definition) is 3. The molecule has 0 radical (unpaired) electrons. The van der Waals surface area contributed by atoms with Crippen LogP contribution in [0.5, 0.6) is 0 Å². The maximum atomic E-state index is 13.0. The van der Waals surface area contributed by atoms with Gasteiger partial charge in [-0.1, -0.05) is 0 Å². The number of anilines is 1.